The predicted molar refractivity (Wildman–Crippen MR) is 54.6 cm³/mol. The summed E-state index contributed by atoms with van der Waals surface area (Å²) < 4.78 is 5.63. The highest BCUT2D eigenvalue weighted by Crippen LogP contribution is 2.39. The topological polar surface area (TPSA) is 29.1 Å². The van der Waals surface area contributed by atoms with Gasteiger partial charge in [-0.1, -0.05) is 0 Å². The fraction of sp³-hybridized carbons (Fsp3) is 0.500. The van der Waals surface area contributed by atoms with Gasteiger partial charge in [-0.2, -0.15) is 0 Å². The lowest BCUT2D eigenvalue weighted by atomic mass is 9.93. The summed E-state index contributed by atoms with van der Waals surface area (Å²) in [5.74, 6) is 1.15. The molecule has 14 heavy (non-hydrogen) atoms. The van der Waals surface area contributed by atoms with Crippen molar-refractivity contribution in [3.8, 4) is 11.5 Å². The SMILES string of the molecule is Cc1c(C)c2c(c(C)c1[O])CCCO2. The molecular formula is C12H15O2. The van der Waals surface area contributed by atoms with E-state index in [2.05, 4.69) is 0 Å². The summed E-state index contributed by atoms with van der Waals surface area (Å²) in [7, 11) is 0. The Morgan fingerprint density at radius 2 is 1.79 bits per heavy atom. The minimum absolute atomic E-state index is 0.187. The van der Waals surface area contributed by atoms with Crippen LogP contribution in [0.15, 0.2) is 0 Å². The van der Waals surface area contributed by atoms with Crippen LogP contribution in [0, 0.1) is 20.8 Å². The van der Waals surface area contributed by atoms with Gasteiger partial charge in [0.25, 0.3) is 0 Å². The maximum atomic E-state index is 11.8. The molecule has 75 valence electrons. The molecule has 0 saturated heterocycles. The average Bonchev–Trinajstić information content (AvgIpc) is 2.23. The van der Waals surface area contributed by atoms with Crippen molar-refractivity contribution in [1.82, 2.24) is 0 Å². The molecule has 1 aromatic carbocycles. The van der Waals surface area contributed by atoms with Gasteiger partial charge in [-0.05, 0) is 39.2 Å². The van der Waals surface area contributed by atoms with Crippen molar-refractivity contribution in [2.75, 3.05) is 6.61 Å². The monoisotopic (exact) mass is 191 g/mol. The smallest absolute Gasteiger partial charge is 0.185 e. The molecule has 2 rings (SSSR count). The molecular weight excluding hydrogens is 176 g/mol. The molecule has 2 heteroatoms. The standard InChI is InChI=1S/C12H15O2/c1-7-8(2)12-10(5-4-6-14-12)9(3)11(7)13/h4-6H2,1-3H3. The summed E-state index contributed by atoms with van der Waals surface area (Å²) in [5.41, 5.74) is 3.87. The Bertz CT molecular complexity index is 344. The third-order valence-corrected chi connectivity index (χ3v) is 3.13. The van der Waals surface area contributed by atoms with Crippen molar-refractivity contribution in [1.29, 1.82) is 0 Å². The van der Waals surface area contributed by atoms with Gasteiger partial charge < -0.3 is 4.74 Å². The first-order chi connectivity index (χ1) is 6.63. The van der Waals surface area contributed by atoms with E-state index >= 15 is 0 Å². The lowest BCUT2D eigenvalue weighted by Crippen LogP contribution is -2.11. The van der Waals surface area contributed by atoms with Crippen molar-refractivity contribution in [2.45, 2.75) is 33.6 Å². The largest absolute Gasteiger partial charge is 0.493 e. The first kappa shape index (κ1) is 9.38. The van der Waals surface area contributed by atoms with Crippen LogP contribution < -0.4 is 4.74 Å². The zero-order valence-electron chi connectivity index (χ0n) is 8.94. The number of hydrogen-bond acceptors (Lipinski definition) is 1. The second-order valence-corrected chi connectivity index (χ2v) is 3.96. The predicted octanol–water partition coefficient (Wildman–Crippen LogP) is 3.08. The number of hydrogen-bond donors (Lipinski definition) is 0. The summed E-state index contributed by atoms with van der Waals surface area (Å²) in [5, 5.41) is 11.8. The van der Waals surface area contributed by atoms with E-state index < -0.39 is 0 Å². The fourth-order valence-electron chi connectivity index (χ4n) is 2.08. The lowest BCUT2D eigenvalue weighted by molar-refractivity contribution is 0.281. The Morgan fingerprint density at radius 3 is 2.50 bits per heavy atom. The third-order valence-electron chi connectivity index (χ3n) is 3.13. The molecule has 0 amide bonds. The Labute approximate surface area is 84.5 Å². The van der Waals surface area contributed by atoms with Crippen LogP contribution in [-0.2, 0) is 11.5 Å². The minimum Gasteiger partial charge on any atom is -0.493 e. The van der Waals surface area contributed by atoms with Crippen LogP contribution in [-0.4, -0.2) is 6.61 Å². The molecule has 0 aromatic heterocycles. The molecule has 0 spiro atoms. The lowest BCUT2D eigenvalue weighted by Gasteiger charge is -2.22. The molecule has 1 aromatic rings. The van der Waals surface area contributed by atoms with Gasteiger partial charge >= 0.3 is 0 Å². The van der Waals surface area contributed by atoms with Gasteiger partial charge in [0.2, 0.25) is 0 Å². The van der Waals surface area contributed by atoms with Gasteiger partial charge in [0.05, 0.1) is 6.61 Å². The average molecular weight is 191 g/mol. The normalized spacial score (nSPS) is 14.8. The van der Waals surface area contributed by atoms with Crippen molar-refractivity contribution < 1.29 is 9.84 Å². The molecule has 0 bridgehead atoms. The molecule has 1 aliphatic rings. The van der Waals surface area contributed by atoms with Crippen molar-refractivity contribution in [2.24, 2.45) is 0 Å². The summed E-state index contributed by atoms with van der Waals surface area (Å²) in [4.78, 5) is 0. The molecule has 0 fully saturated rings. The molecule has 0 atom stereocenters. The summed E-state index contributed by atoms with van der Waals surface area (Å²) in [6.45, 7) is 6.54. The number of ether oxygens (including phenoxy) is 1. The maximum absolute atomic E-state index is 11.8. The van der Waals surface area contributed by atoms with E-state index in [1.54, 1.807) is 0 Å². The first-order valence-corrected chi connectivity index (χ1v) is 5.05. The van der Waals surface area contributed by atoms with E-state index in [1.165, 1.54) is 0 Å². The maximum Gasteiger partial charge on any atom is 0.185 e. The summed E-state index contributed by atoms with van der Waals surface area (Å²) >= 11 is 0. The Kier molecular flexibility index (Phi) is 2.14. The van der Waals surface area contributed by atoms with Gasteiger partial charge in [-0.25, -0.2) is 0 Å². The quantitative estimate of drug-likeness (QED) is 0.619. The van der Waals surface area contributed by atoms with E-state index in [1.807, 2.05) is 20.8 Å². The molecule has 2 nitrogen and oxygen atoms in total. The number of benzene rings is 1. The molecule has 1 heterocycles. The van der Waals surface area contributed by atoms with Crippen LogP contribution in [0.1, 0.15) is 28.7 Å². The molecule has 0 unspecified atom stereocenters. The number of rotatable bonds is 0. The minimum atomic E-state index is 0.187. The fourth-order valence-corrected chi connectivity index (χ4v) is 2.08. The Balaban J connectivity index is 2.71. The van der Waals surface area contributed by atoms with Crippen LogP contribution in [0.2, 0.25) is 0 Å². The first-order valence-electron chi connectivity index (χ1n) is 5.05. The zero-order valence-corrected chi connectivity index (χ0v) is 8.94. The van der Waals surface area contributed by atoms with E-state index in [4.69, 9.17) is 4.74 Å². The molecule has 1 aliphatic heterocycles. The highest BCUT2D eigenvalue weighted by Gasteiger charge is 2.21. The second-order valence-electron chi connectivity index (χ2n) is 3.96. The van der Waals surface area contributed by atoms with Crippen molar-refractivity contribution in [3.05, 3.63) is 22.3 Å². The van der Waals surface area contributed by atoms with Crippen LogP contribution in [0.3, 0.4) is 0 Å². The van der Waals surface area contributed by atoms with Crippen LogP contribution in [0.4, 0.5) is 0 Å². The van der Waals surface area contributed by atoms with Crippen LogP contribution >= 0.6 is 0 Å². The van der Waals surface area contributed by atoms with Gasteiger partial charge in [0.15, 0.2) is 5.75 Å². The van der Waals surface area contributed by atoms with E-state index in [0.717, 1.165) is 47.5 Å². The highest BCUT2D eigenvalue weighted by molar-refractivity contribution is 5.57. The van der Waals surface area contributed by atoms with Crippen LogP contribution in [0.25, 0.3) is 0 Å². The van der Waals surface area contributed by atoms with Crippen molar-refractivity contribution in [3.63, 3.8) is 0 Å². The summed E-state index contributed by atoms with van der Waals surface area (Å²) in [6, 6.07) is 0. The summed E-state index contributed by atoms with van der Waals surface area (Å²) in [6.07, 6.45) is 2.01. The van der Waals surface area contributed by atoms with Crippen molar-refractivity contribution >= 4 is 0 Å². The van der Waals surface area contributed by atoms with Gasteiger partial charge in [-0.15, -0.1) is 0 Å². The Morgan fingerprint density at radius 1 is 1.07 bits per heavy atom. The van der Waals surface area contributed by atoms with Crippen LogP contribution in [0.5, 0.6) is 11.5 Å². The van der Waals surface area contributed by atoms with Gasteiger partial charge in [0, 0.05) is 16.7 Å². The van der Waals surface area contributed by atoms with E-state index in [9.17, 15) is 5.11 Å². The molecule has 0 N–H and O–H groups in total. The second kappa shape index (κ2) is 3.19. The molecule has 1 radical (unpaired) electrons. The highest BCUT2D eigenvalue weighted by atomic mass is 16.5. The van der Waals surface area contributed by atoms with E-state index in [-0.39, 0.29) is 5.75 Å². The Hall–Kier alpha value is -1.18. The third kappa shape index (κ3) is 1.17. The van der Waals surface area contributed by atoms with E-state index in [0.29, 0.717) is 0 Å². The van der Waals surface area contributed by atoms with Gasteiger partial charge in [0.1, 0.15) is 5.75 Å². The zero-order chi connectivity index (χ0) is 10.3. The molecule has 0 aliphatic carbocycles. The number of fused-ring (bicyclic) bond motifs is 1. The molecule has 0 saturated carbocycles. The van der Waals surface area contributed by atoms with Gasteiger partial charge in [-0.3, -0.25) is 5.11 Å².